The van der Waals surface area contributed by atoms with E-state index in [1.165, 1.54) is 19.3 Å². The van der Waals surface area contributed by atoms with Crippen LogP contribution in [0.25, 0.3) is 11.5 Å². The molecule has 1 saturated carbocycles. The summed E-state index contributed by atoms with van der Waals surface area (Å²) in [6, 6.07) is 7.85. The van der Waals surface area contributed by atoms with Gasteiger partial charge in [-0.3, -0.25) is 0 Å². The first kappa shape index (κ1) is 13.8. The van der Waals surface area contributed by atoms with E-state index in [2.05, 4.69) is 38.4 Å². The van der Waals surface area contributed by atoms with Crippen LogP contribution in [-0.2, 0) is 6.54 Å². The summed E-state index contributed by atoms with van der Waals surface area (Å²) in [6.45, 7) is 3.97. The maximum Gasteiger partial charge on any atom is 0.248 e. The highest BCUT2D eigenvalue weighted by molar-refractivity contribution is 9.10. The van der Waals surface area contributed by atoms with Crippen molar-refractivity contribution in [1.82, 2.24) is 15.5 Å². The number of rotatable bonds is 5. The van der Waals surface area contributed by atoms with Gasteiger partial charge in [0.05, 0.1) is 12.1 Å². The highest BCUT2D eigenvalue weighted by Gasteiger charge is 2.31. The van der Waals surface area contributed by atoms with Gasteiger partial charge in [0.15, 0.2) is 0 Å². The van der Waals surface area contributed by atoms with E-state index in [4.69, 9.17) is 4.42 Å². The van der Waals surface area contributed by atoms with Crippen molar-refractivity contribution in [2.75, 3.05) is 6.54 Å². The zero-order chi connectivity index (χ0) is 14.0. The fourth-order valence-corrected chi connectivity index (χ4v) is 2.95. The molecule has 2 aromatic rings. The van der Waals surface area contributed by atoms with Crippen molar-refractivity contribution >= 4 is 15.9 Å². The van der Waals surface area contributed by atoms with Crippen LogP contribution in [0.15, 0.2) is 33.2 Å². The summed E-state index contributed by atoms with van der Waals surface area (Å²) in [7, 11) is 0. The van der Waals surface area contributed by atoms with E-state index in [0.29, 0.717) is 23.7 Å². The van der Waals surface area contributed by atoms with Crippen molar-refractivity contribution in [3.63, 3.8) is 0 Å². The average Bonchev–Trinajstić information content (AvgIpc) is 2.86. The summed E-state index contributed by atoms with van der Waals surface area (Å²) in [5.74, 6) is 1.20. The second kappa shape index (κ2) is 5.66. The van der Waals surface area contributed by atoms with Gasteiger partial charge in [-0.05, 0) is 46.3 Å². The molecule has 0 aliphatic heterocycles. The van der Waals surface area contributed by atoms with E-state index in [0.717, 1.165) is 16.6 Å². The van der Waals surface area contributed by atoms with Crippen molar-refractivity contribution in [3.8, 4) is 11.5 Å². The summed E-state index contributed by atoms with van der Waals surface area (Å²) < 4.78 is 6.67. The monoisotopic (exact) mass is 335 g/mol. The molecule has 1 aromatic carbocycles. The van der Waals surface area contributed by atoms with Gasteiger partial charge in [0.2, 0.25) is 11.8 Å². The molecule has 0 radical (unpaired) electrons. The predicted octanol–water partition coefficient (Wildman–Crippen LogP) is 3.78. The van der Waals surface area contributed by atoms with Crippen LogP contribution in [0.3, 0.4) is 0 Å². The molecule has 0 atom stereocenters. The lowest BCUT2D eigenvalue weighted by atomic mass is 9.70. The number of halogens is 1. The topological polar surface area (TPSA) is 51.0 Å². The third-order valence-corrected chi connectivity index (χ3v) is 4.65. The fourth-order valence-electron chi connectivity index (χ4n) is 2.50. The van der Waals surface area contributed by atoms with Crippen molar-refractivity contribution in [3.05, 3.63) is 34.6 Å². The molecule has 5 heteroatoms. The minimum absolute atomic E-state index is 0.464. The van der Waals surface area contributed by atoms with E-state index in [1.807, 2.05) is 24.3 Å². The van der Waals surface area contributed by atoms with E-state index >= 15 is 0 Å². The largest absolute Gasteiger partial charge is 0.419 e. The van der Waals surface area contributed by atoms with Crippen molar-refractivity contribution in [2.45, 2.75) is 32.7 Å². The molecule has 1 fully saturated rings. The molecule has 3 rings (SSSR count). The van der Waals surface area contributed by atoms with Gasteiger partial charge >= 0.3 is 0 Å². The minimum atomic E-state index is 0.464. The number of benzene rings is 1. The van der Waals surface area contributed by atoms with Crippen LogP contribution in [0.5, 0.6) is 0 Å². The Morgan fingerprint density at radius 2 is 2.10 bits per heavy atom. The van der Waals surface area contributed by atoms with E-state index < -0.39 is 0 Å². The second-order valence-corrected chi connectivity index (χ2v) is 6.60. The van der Waals surface area contributed by atoms with Gasteiger partial charge in [0.1, 0.15) is 0 Å². The van der Waals surface area contributed by atoms with Gasteiger partial charge in [-0.2, -0.15) is 0 Å². The molecule has 0 spiro atoms. The van der Waals surface area contributed by atoms with Crippen LogP contribution in [-0.4, -0.2) is 16.7 Å². The molecule has 0 amide bonds. The first-order valence-corrected chi connectivity index (χ1v) is 7.74. The first-order chi connectivity index (χ1) is 9.66. The Morgan fingerprint density at radius 3 is 2.80 bits per heavy atom. The van der Waals surface area contributed by atoms with Gasteiger partial charge in [-0.15, -0.1) is 10.2 Å². The van der Waals surface area contributed by atoms with Crippen LogP contribution < -0.4 is 5.32 Å². The first-order valence-electron chi connectivity index (χ1n) is 6.94. The molecular formula is C15H18BrN3O. The normalized spacial score (nSPS) is 16.9. The van der Waals surface area contributed by atoms with Gasteiger partial charge < -0.3 is 9.73 Å². The Bertz CT molecular complexity index is 592. The Labute approximate surface area is 127 Å². The van der Waals surface area contributed by atoms with Crippen molar-refractivity contribution in [1.29, 1.82) is 0 Å². The van der Waals surface area contributed by atoms with Crippen LogP contribution in [0, 0.1) is 5.41 Å². The third-order valence-electron chi connectivity index (χ3n) is 3.96. The van der Waals surface area contributed by atoms with E-state index in [9.17, 15) is 0 Å². The lowest BCUT2D eigenvalue weighted by molar-refractivity contribution is 0.155. The number of nitrogens with zero attached hydrogens (tertiary/aromatic N) is 2. The quantitative estimate of drug-likeness (QED) is 0.903. The van der Waals surface area contributed by atoms with Crippen molar-refractivity contribution in [2.24, 2.45) is 5.41 Å². The van der Waals surface area contributed by atoms with Gasteiger partial charge in [-0.25, -0.2) is 0 Å². The molecule has 1 aliphatic rings. The Balaban J connectivity index is 1.61. The number of aromatic nitrogens is 2. The molecular weight excluding hydrogens is 318 g/mol. The fraction of sp³-hybridized carbons (Fsp3) is 0.467. The summed E-state index contributed by atoms with van der Waals surface area (Å²) in [6.07, 6.45) is 3.98. The smallest absolute Gasteiger partial charge is 0.248 e. The highest BCUT2D eigenvalue weighted by Crippen LogP contribution is 2.39. The molecule has 0 saturated heterocycles. The Kier molecular flexibility index (Phi) is 3.89. The highest BCUT2D eigenvalue weighted by atomic mass is 79.9. The number of nitrogens with one attached hydrogen (secondary N) is 1. The lowest BCUT2D eigenvalue weighted by Crippen LogP contribution is -2.37. The van der Waals surface area contributed by atoms with Crippen LogP contribution >= 0.6 is 15.9 Å². The predicted molar refractivity (Wildman–Crippen MR) is 81.1 cm³/mol. The Morgan fingerprint density at radius 1 is 1.30 bits per heavy atom. The second-order valence-electron chi connectivity index (χ2n) is 5.75. The molecule has 20 heavy (non-hydrogen) atoms. The minimum Gasteiger partial charge on any atom is -0.419 e. The standard InChI is InChI=1S/C15H18BrN3O/c1-15(7-4-8-15)10-17-9-13-18-19-14(20-13)11-5-2-3-6-12(11)16/h2-3,5-6,17H,4,7-10H2,1H3. The van der Waals surface area contributed by atoms with E-state index in [-0.39, 0.29) is 0 Å². The third kappa shape index (κ3) is 2.94. The van der Waals surface area contributed by atoms with Crippen molar-refractivity contribution < 1.29 is 4.42 Å². The zero-order valence-corrected chi connectivity index (χ0v) is 13.1. The molecule has 1 N–H and O–H groups in total. The molecule has 106 valence electrons. The number of hydrogen-bond donors (Lipinski definition) is 1. The zero-order valence-electron chi connectivity index (χ0n) is 11.5. The SMILES string of the molecule is CC1(CNCc2nnc(-c3ccccc3Br)o2)CCC1. The Hall–Kier alpha value is -1.20. The molecule has 0 unspecified atom stereocenters. The van der Waals surface area contributed by atoms with Gasteiger partial charge in [0, 0.05) is 11.0 Å². The molecule has 4 nitrogen and oxygen atoms in total. The molecule has 0 bridgehead atoms. The summed E-state index contributed by atoms with van der Waals surface area (Å²) in [5, 5.41) is 11.6. The maximum absolute atomic E-state index is 5.70. The van der Waals surface area contributed by atoms with Crippen LogP contribution in [0.4, 0.5) is 0 Å². The molecule has 1 heterocycles. The van der Waals surface area contributed by atoms with Crippen LogP contribution in [0.2, 0.25) is 0 Å². The van der Waals surface area contributed by atoms with Crippen LogP contribution in [0.1, 0.15) is 32.1 Å². The number of hydrogen-bond acceptors (Lipinski definition) is 4. The van der Waals surface area contributed by atoms with Gasteiger partial charge in [-0.1, -0.05) is 25.5 Å². The molecule has 1 aliphatic carbocycles. The maximum atomic E-state index is 5.70. The van der Waals surface area contributed by atoms with E-state index in [1.54, 1.807) is 0 Å². The summed E-state index contributed by atoms with van der Waals surface area (Å²) >= 11 is 3.49. The average molecular weight is 336 g/mol. The molecule has 1 aromatic heterocycles. The summed E-state index contributed by atoms with van der Waals surface area (Å²) in [5.41, 5.74) is 1.39. The summed E-state index contributed by atoms with van der Waals surface area (Å²) in [4.78, 5) is 0. The lowest BCUT2D eigenvalue weighted by Gasteiger charge is -2.38. The van der Waals surface area contributed by atoms with Gasteiger partial charge in [0.25, 0.3) is 0 Å².